The maximum absolute atomic E-state index is 12.0. The predicted octanol–water partition coefficient (Wildman–Crippen LogP) is 3.43. The molecule has 0 spiro atoms. The molecule has 2 fully saturated rings. The summed E-state index contributed by atoms with van der Waals surface area (Å²) in [6, 6.07) is 0.705. The number of hydrogen-bond donors (Lipinski definition) is 0. The van der Waals surface area contributed by atoms with Gasteiger partial charge in [-0.1, -0.05) is 17.8 Å². The van der Waals surface area contributed by atoms with Crippen LogP contribution in [0.4, 0.5) is 5.13 Å². The molecule has 0 radical (unpaired) electrons. The predicted molar refractivity (Wildman–Crippen MR) is 77.1 cm³/mol. The molecular weight excluding hydrogens is 256 g/mol. The summed E-state index contributed by atoms with van der Waals surface area (Å²) >= 11 is 1.66. The Bertz CT molecular complexity index is 510. The highest BCUT2D eigenvalue weighted by atomic mass is 32.1. The molecule has 0 aromatic carbocycles. The van der Waals surface area contributed by atoms with Gasteiger partial charge in [0.2, 0.25) is 0 Å². The number of anilines is 1. The van der Waals surface area contributed by atoms with Crippen molar-refractivity contribution in [2.45, 2.75) is 57.4 Å². The number of piperidine rings is 1. The molecule has 1 saturated heterocycles. The molecule has 0 bridgehead atoms. The van der Waals surface area contributed by atoms with E-state index in [1.54, 1.807) is 11.3 Å². The van der Waals surface area contributed by atoms with E-state index >= 15 is 0 Å². The Balaban J connectivity index is 1.66. The Labute approximate surface area is 118 Å². The molecule has 2 unspecified atom stereocenters. The maximum atomic E-state index is 12.0. The number of fused-ring (bicyclic) bond motifs is 2. The highest BCUT2D eigenvalue weighted by molar-refractivity contribution is 7.17. The lowest BCUT2D eigenvalue weighted by Crippen LogP contribution is -2.42. The number of hydrogen-bond acceptors (Lipinski definition) is 4. The van der Waals surface area contributed by atoms with Crippen LogP contribution >= 0.6 is 11.3 Å². The molecule has 1 aliphatic heterocycles. The molecule has 2 aliphatic carbocycles. The van der Waals surface area contributed by atoms with Crippen molar-refractivity contribution in [3.05, 3.63) is 10.6 Å². The smallest absolute Gasteiger partial charge is 0.186 e. The minimum atomic E-state index is 0.324. The quantitative estimate of drug-likeness (QED) is 0.788. The van der Waals surface area contributed by atoms with Gasteiger partial charge >= 0.3 is 0 Å². The lowest BCUT2D eigenvalue weighted by Gasteiger charge is -2.37. The van der Waals surface area contributed by atoms with E-state index in [9.17, 15) is 4.79 Å². The fourth-order valence-electron chi connectivity index (χ4n) is 4.07. The van der Waals surface area contributed by atoms with E-state index < -0.39 is 0 Å². The van der Waals surface area contributed by atoms with Crippen molar-refractivity contribution < 1.29 is 4.79 Å². The summed E-state index contributed by atoms with van der Waals surface area (Å²) in [6.45, 7) is 1.14. The van der Waals surface area contributed by atoms with E-state index in [1.165, 1.54) is 32.1 Å². The summed E-state index contributed by atoms with van der Waals surface area (Å²) in [6.07, 6.45) is 9.48. The van der Waals surface area contributed by atoms with E-state index in [-0.39, 0.29) is 0 Å². The fraction of sp³-hybridized carbons (Fsp3) is 0.733. The number of rotatable bonds is 1. The first-order valence-corrected chi connectivity index (χ1v) is 8.44. The lowest BCUT2D eigenvalue weighted by molar-refractivity contribution is 0.0976. The second kappa shape index (κ2) is 4.58. The first-order valence-electron chi connectivity index (χ1n) is 7.62. The summed E-state index contributed by atoms with van der Waals surface area (Å²) in [4.78, 5) is 20.3. The van der Waals surface area contributed by atoms with Crippen molar-refractivity contribution in [3.63, 3.8) is 0 Å². The van der Waals surface area contributed by atoms with Gasteiger partial charge < -0.3 is 4.90 Å². The summed E-state index contributed by atoms with van der Waals surface area (Å²) < 4.78 is 0. The molecule has 0 N–H and O–H groups in total. The van der Waals surface area contributed by atoms with Crippen LogP contribution in [0.2, 0.25) is 0 Å². The number of Topliss-reactive ketones (excluding diaryl/α,β-unsaturated/α-hetero) is 1. The topological polar surface area (TPSA) is 33.2 Å². The SMILES string of the molecule is O=C1CCCc2nc(N3CCCC4CCCC43)sc21. The van der Waals surface area contributed by atoms with Crippen LogP contribution in [0.3, 0.4) is 0 Å². The number of aryl methyl sites for hydroxylation is 1. The highest BCUT2D eigenvalue weighted by Gasteiger charge is 2.37. The zero-order chi connectivity index (χ0) is 12.8. The maximum Gasteiger partial charge on any atom is 0.186 e. The van der Waals surface area contributed by atoms with Crippen LogP contribution < -0.4 is 4.90 Å². The molecule has 1 saturated carbocycles. The third kappa shape index (κ3) is 1.92. The Kier molecular flexibility index (Phi) is 2.87. The second-order valence-corrected chi connectivity index (χ2v) is 7.12. The molecule has 102 valence electrons. The summed E-state index contributed by atoms with van der Waals surface area (Å²) in [5, 5.41) is 1.14. The van der Waals surface area contributed by atoms with E-state index in [2.05, 4.69) is 4.90 Å². The zero-order valence-electron chi connectivity index (χ0n) is 11.2. The van der Waals surface area contributed by atoms with Crippen LogP contribution in [0.25, 0.3) is 0 Å². The third-order valence-electron chi connectivity index (χ3n) is 5.00. The van der Waals surface area contributed by atoms with Crippen LogP contribution in [-0.2, 0) is 6.42 Å². The number of aromatic nitrogens is 1. The third-order valence-corrected chi connectivity index (χ3v) is 6.17. The Morgan fingerprint density at radius 1 is 1.11 bits per heavy atom. The van der Waals surface area contributed by atoms with E-state index in [0.29, 0.717) is 11.8 Å². The normalized spacial score (nSPS) is 30.3. The van der Waals surface area contributed by atoms with Gasteiger partial charge in [0, 0.05) is 19.0 Å². The average molecular weight is 276 g/mol. The molecule has 4 heteroatoms. The molecule has 0 amide bonds. The number of nitrogens with zero attached hydrogens (tertiary/aromatic N) is 2. The minimum Gasteiger partial charge on any atom is -0.345 e. The second-order valence-electron chi connectivity index (χ2n) is 6.14. The molecule has 3 nitrogen and oxygen atoms in total. The summed E-state index contributed by atoms with van der Waals surface area (Å²) in [5.74, 6) is 1.20. The largest absolute Gasteiger partial charge is 0.345 e. The first-order chi connectivity index (χ1) is 9.33. The molecule has 2 heterocycles. The van der Waals surface area contributed by atoms with Crippen molar-refractivity contribution in [2.24, 2.45) is 5.92 Å². The summed E-state index contributed by atoms with van der Waals surface area (Å²) in [7, 11) is 0. The average Bonchev–Trinajstić information content (AvgIpc) is 3.05. The van der Waals surface area contributed by atoms with Crippen molar-refractivity contribution in [2.75, 3.05) is 11.4 Å². The van der Waals surface area contributed by atoms with Gasteiger partial charge in [-0.15, -0.1) is 0 Å². The van der Waals surface area contributed by atoms with Crippen molar-refractivity contribution in [1.82, 2.24) is 4.98 Å². The van der Waals surface area contributed by atoms with Crippen LogP contribution in [0.5, 0.6) is 0 Å². The number of ketones is 1. The summed E-state index contributed by atoms with van der Waals surface area (Å²) in [5.41, 5.74) is 1.08. The monoisotopic (exact) mass is 276 g/mol. The van der Waals surface area contributed by atoms with Crippen molar-refractivity contribution in [3.8, 4) is 0 Å². The molecule has 1 aromatic heterocycles. The Morgan fingerprint density at radius 3 is 2.89 bits per heavy atom. The van der Waals surface area contributed by atoms with Crippen molar-refractivity contribution in [1.29, 1.82) is 0 Å². The number of carbonyl (C=O) groups excluding carboxylic acids is 1. The van der Waals surface area contributed by atoms with Gasteiger partial charge in [0.05, 0.1) is 10.6 Å². The van der Waals surface area contributed by atoms with Crippen molar-refractivity contribution >= 4 is 22.3 Å². The minimum absolute atomic E-state index is 0.324. The molecule has 4 rings (SSSR count). The molecule has 2 atom stereocenters. The van der Waals surface area contributed by atoms with Gasteiger partial charge in [-0.2, -0.15) is 0 Å². The number of carbonyl (C=O) groups is 1. The van der Waals surface area contributed by atoms with Crippen LogP contribution in [0, 0.1) is 5.92 Å². The zero-order valence-corrected chi connectivity index (χ0v) is 12.0. The van der Waals surface area contributed by atoms with Gasteiger partial charge in [-0.25, -0.2) is 4.98 Å². The highest BCUT2D eigenvalue weighted by Crippen LogP contribution is 2.41. The van der Waals surface area contributed by atoms with E-state index in [1.807, 2.05) is 0 Å². The van der Waals surface area contributed by atoms with Crippen LogP contribution in [0.1, 0.15) is 60.3 Å². The van der Waals surface area contributed by atoms with Gasteiger partial charge in [-0.05, 0) is 44.4 Å². The van der Waals surface area contributed by atoms with Crippen LogP contribution in [0.15, 0.2) is 0 Å². The standard InChI is InChI=1S/C15H20N2OS/c18-13-8-2-6-11-14(13)19-15(16-11)17-9-3-5-10-4-1-7-12(10)17/h10,12H,1-9H2. The number of thiazole rings is 1. The van der Waals surface area contributed by atoms with Gasteiger partial charge in [0.15, 0.2) is 10.9 Å². The molecule has 3 aliphatic rings. The van der Waals surface area contributed by atoms with Crippen LogP contribution in [-0.4, -0.2) is 23.4 Å². The first kappa shape index (κ1) is 11.9. The van der Waals surface area contributed by atoms with Gasteiger partial charge in [0.25, 0.3) is 0 Å². The van der Waals surface area contributed by atoms with Gasteiger partial charge in [-0.3, -0.25) is 4.79 Å². The molecule has 19 heavy (non-hydrogen) atoms. The van der Waals surface area contributed by atoms with E-state index in [4.69, 9.17) is 4.98 Å². The fourth-order valence-corrected chi connectivity index (χ4v) is 5.23. The Hall–Kier alpha value is -0.900. The lowest BCUT2D eigenvalue weighted by atomic mass is 9.92. The van der Waals surface area contributed by atoms with Gasteiger partial charge in [0.1, 0.15) is 0 Å². The molecule has 1 aromatic rings. The Morgan fingerprint density at radius 2 is 2.00 bits per heavy atom. The molecular formula is C15H20N2OS. The van der Waals surface area contributed by atoms with E-state index in [0.717, 1.165) is 47.4 Å².